The van der Waals surface area contributed by atoms with Gasteiger partial charge in [0.25, 0.3) is 0 Å². The van der Waals surface area contributed by atoms with Gasteiger partial charge in [-0.25, -0.2) is 0 Å². The molecule has 0 aliphatic heterocycles. The molecule has 5 aromatic carbocycles. The third-order valence-corrected chi connectivity index (χ3v) is 6.83. The van der Waals surface area contributed by atoms with Crippen molar-refractivity contribution in [2.45, 2.75) is 0 Å². The van der Waals surface area contributed by atoms with Crippen LogP contribution in [-0.2, 0) is 0 Å². The molecule has 0 fully saturated rings. The molecule has 0 atom stereocenters. The molecule has 0 saturated carbocycles. The minimum atomic E-state index is 1.27. The Balaban J connectivity index is 1.34. The Morgan fingerprint density at radius 1 is 0.281 bits per heavy atom. The predicted molar refractivity (Wildman–Crippen MR) is 131 cm³/mol. The Morgan fingerprint density at radius 3 is 0.812 bits per heavy atom. The predicted octanol–water partition coefficient (Wildman–Crippen LogP) is 7.69. The number of hydrogen-bond acceptors (Lipinski definition) is 0. The van der Waals surface area contributed by atoms with Crippen molar-refractivity contribution in [2.75, 3.05) is 0 Å². The largest absolute Gasteiger partial charge is 0.0674 e. The van der Waals surface area contributed by atoms with E-state index in [0.29, 0.717) is 0 Å². The number of hydrogen-bond donors (Lipinski definition) is 0. The van der Waals surface area contributed by atoms with E-state index in [9.17, 15) is 0 Å². The van der Waals surface area contributed by atoms with Gasteiger partial charge in [0.15, 0.2) is 0 Å². The van der Waals surface area contributed by atoms with E-state index in [1.54, 1.807) is 0 Å². The van der Waals surface area contributed by atoms with Gasteiger partial charge in [-0.1, -0.05) is 0 Å². The minimum Gasteiger partial charge on any atom is -0.0500 e. The Bertz CT molecular complexity index is 1270. The van der Waals surface area contributed by atoms with Gasteiger partial charge in [0.1, 0.15) is 0 Å². The van der Waals surface area contributed by atoms with Crippen LogP contribution < -0.4 is 0 Å². The average Bonchev–Trinajstić information content (AvgIpc) is 3.38. The summed E-state index contributed by atoms with van der Waals surface area (Å²) in [5, 5.41) is 0. The minimum absolute atomic E-state index is 1.27. The first-order valence-corrected chi connectivity index (χ1v) is 11.1. The summed E-state index contributed by atoms with van der Waals surface area (Å²) in [5.41, 5.74) is 13.2. The van der Waals surface area contributed by atoms with E-state index in [2.05, 4.69) is 121 Å². The fraction of sp³-hybridized carbons (Fsp3) is 0. The van der Waals surface area contributed by atoms with Crippen molar-refractivity contribution in [2.24, 2.45) is 0 Å². The molecule has 0 unspecified atom stereocenters. The van der Waals surface area contributed by atoms with Gasteiger partial charge in [-0.2, -0.15) is 0 Å². The van der Waals surface area contributed by atoms with Crippen molar-refractivity contribution in [3.05, 3.63) is 167 Å². The van der Waals surface area contributed by atoms with Gasteiger partial charge in [0, 0.05) is 24.3 Å². The van der Waals surface area contributed by atoms with E-state index in [4.69, 9.17) is 0 Å². The Labute approximate surface area is 188 Å². The molecule has 0 aromatic heterocycles. The van der Waals surface area contributed by atoms with E-state index in [1.165, 1.54) is 67.5 Å². The van der Waals surface area contributed by atoms with E-state index >= 15 is 0 Å². The second kappa shape index (κ2) is 6.67. The summed E-state index contributed by atoms with van der Waals surface area (Å²) >= 11 is 0. The molecule has 0 N–H and O–H groups in total. The highest BCUT2D eigenvalue weighted by atomic mass is 14.3. The van der Waals surface area contributed by atoms with Crippen LogP contribution >= 0.6 is 0 Å². The van der Waals surface area contributed by atoms with Crippen LogP contribution in [0.25, 0.3) is 22.3 Å². The van der Waals surface area contributed by atoms with Gasteiger partial charge < -0.3 is 0 Å². The van der Waals surface area contributed by atoms with Crippen LogP contribution in [0.5, 0.6) is 0 Å². The third kappa shape index (κ3) is 2.38. The molecule has 0 saturated heterocycles. The molecule has 0 amide bonds. The highest BCUT2D eigenvalue weighted by molar-refractivity contribution is 5.88. The molecule has 0 bridgehead atoms. The van der Waals surface area contributed by atoms with E-state index in [1.807, 2.05) is 0 Å². The fourth-order valence-corrected chi connectivity index (χ4v) is 5.46. The van der Waals surface area contributed by atoms with E-state index in [0.717, 1.165) is 0 Å². The first kappa shape index (κ1) is 17.5. The van der Waals surface area contributed by atoms with Crippen LogP contribution in [0, 0.1) is 11.8 Å². The molecular formula is C32H20+2. The van der Waals surface area contributed by atoms with Crippen molar-refractivity contribution in [1.82, 2.24) is 0 Å². The molecule has 0 heterocycles. The summed E-state index contributed by atoms with van der Waals surface area (Å²) in [6.07, 6.45) is 0. The van der Waals surface area contributed by atoms with Crippen molar-refractivity contribution in [3.63, 3.8) is 0 Å². The highest BCUT2D eigenvalue weighted by Gasteiger charge is 2.38. The maximum Gasteiger partial charge on any atom is 0.0674 e. The molecule has 0 spiro atoms. The van der Waals surface area contributed by atoms with Gasteiger partial charge in [-0.05, 0) is 97.1 Å². The first-order valence-electron chi connectivity index (χ1n) is 11.1. The SMILES string of the molecule is c1ccc2c(c1)-c1ccccc1[C+]2c1ccc([C+]2c3ccccc3-c3ccccc32)cc1. The van der Waals surface area contributed by atoms with Crippen LogP contribution in [0.3, 0.4) is 0 Å². The molecular weight excluding hydrogens is 384 g/mol. The molecule has 5 aromatic rings. The second-order valence-electron chi connectivity index (χ2n) is 8.51. The summed E-state index contributed by atoms with van der Waals surface area (Å²) in [5.74, 6) is 2.67. The van der Waals surface area contributed by atoms with Crippen LogP contribution in [0.15, 0.2) is 121 Å². The Kier molecular flexibility index (Phi) is 3.65. The monoisotopic (exact) mass is 404 g/mol. The molecule has 2 aliphatic rings. The maximum atomic E-state index is 2.29. The topological polar surface area (TPSA) is 0 Å². The van der Waals surface area contributed by atoms with Gasteiger partial charge in [0.2, 0.25) is 0 Å². The van der Waals surface area contributed by atoms with Gasteiger partial charge in [-0.3, -0.25) is 0 Å². The standard InChI is InChI=1S/C32H20/c1-5-13-27-23(9-1)24-10-2-6-14-28(24)31(27)21-17-19-22(20-18-21)32-29-15-7-3-11-25(29)26-12-4-8-16-30(26)32/h1-20H/q+2. The average molecular weight is 405 g/mol. The van der Waals surface area contributed by atoms with Crippen LogP contribution in [0.4, 0.5) is 0 Å². The molecule has 0 radical (unpaired) electrons. The number of fused-ring (bicyclic) bond motifs is 6. The quantitative estimate of drug-likeness (QED) is 0.259. The summed E-state index contributed by atoms with van der Waals surface area (Å²) in [6, 6.07) is 44.2. The maximum absolute atomic E-state index is 2.29. The summed E-state index contributed by atoms with van der Waals surface area (Å²) in [6.45, 7) is 0. The van der Waals surface area contributed by atoms with Gasteiger partial charge in [0.05, 0.1) is 67.5 Å². The number of rotatable bonds is 2. The zero-order valence-corrected chi connectivity index (χ0v) is 17.5. The summed E-state index contributed by atoms with van der Waals surface area (Å²) in [4.78, 5) is 0. The molecule has 7 rings (SSSR count). The van der Waals surface area contributed by atoms with Crippen molar-refractivity contribution in [3.8, 4) is 22.3 Å². The Hall–Kier alpha value is -4.16. The highest BCUT2D eigenvalue weighted by Crippen LogP contribution is 2.49. The zero-order chi connectivity index (χ0) is 21.1. The second-order valence-corrected chi connectivity index (χ2v) is 8.51. The molecule has 0 heteroatoms. The lowest BCUT2D eigenvalue weighted by Gasteiger charge is -2.11. The van der Waals surface area contributed by atoms with Crippen LogP contribution in [-0.4, -0.2) is 0 Å². The normalized spacial score (nSPS) is 12.9. The van der Waals surface area contributed by atoms with Crippen molar-refractivity contribution >= 4 is 0 Å². The van der Waals surface area contributed by atoms with Crippen LogP contribution in [0.2, 0.25) is 0 Å². The molecule has 32 heavy (non-hydrogen) atoms. The lowest BCUT2D eigenvalue weighted by Crippen LogP contribution is -2.03. The number of benzene rings is 5. The smallest absolute Gasteiger partial charge is 0.0500 e. The summed E-state index contributed by atoms with van der Waals surface area (Å²) in [7, 11) is 0. The Morgan fingerprint density at radius 2 is 0.531 bits per heavy atom. The van der Waals surface area contributed by atoms with Crippen LogP contribution in [0.1, 0.15) is 33.4 Å². The van der Waals surface area contributed by atoms with Crippen molar-refractivity contribution < 1.29 is 0 Å². The molecule has 146 valence electrons. The zero-order valence-electron chi connectivity index (χ0n) is 17.5. The van der Waals surface area contributed by atoms with E-state index < -0.39 is 0 Å². The molecule has 2 aliphatic carbocycles. The van der Waals surface area contributed by atoms with Gasteiger partial charge >= 0.3 is 0 Å². The van der Waals surface area contributed by atoms with Gasteiger partial charge in [-0.15, -0.1) is 0 Å². The first-order chi connectivity index (χ1) is 15.9. The lowest BCUT2D eigenvalue weighted by molar-refractivity contribution is 1.24. The molecule has 0 nitrogen and oxygen atoms in total. The lowest BCUT2D eigenvalue weighted by atomic mass is 9.85. The fourth-order valence-electron chi connectivity index (χ4n) is 5.46. The van der Waals surface area contributed by atoms with E-state index in [-0.39, 0.29) is 0 Å². The third-order valence-electron chi connectivity index (χ3n) is 6.83. The summed E-state index contributed by atoms with van der Waals surface area (Å²) < 4.78 is 0. The van der Waals surface area contributed by atoms with Crippen molar-refractivity contribution in [1.29, 1.82) is 0 Å².